The summed E-state index contributed by atoms with van der Waals surface area (Å²) >= 11 is 6.13. The van der Waals surface area contributed by atoms with Crippen LogP contribution in [0, 0.1) is 0 Å². The van der Waals surface area contributed by atoms with Gasteiger partial charge in [-0.15, -0.1) is 0 Å². The van der Waals surface area contributed by atoms with Gasteiger partial charge in [0.05, 0.1) is 12.3 Å². The SMILES string of the molecule is CC(=O)Nc1ccccc1OCCCN1CCC2(CC1)Cc1cc(Cl)ccc1O2. The number of likely N-dealkylation sites (tertiary alicyclic amines) is 1. The van der Waals surface area contributed by atoms with E-state index in [1.807, 2.05) is 42.5 Å². The molecule has 2 aromatic rings. The summed E-state index contributed by atoms with van der Waals surface area (Å²) in [7, 11) is 0. The molecule has 0 saturated carbocycles. The first-order valence-corrected chi connectivity index (χ1v) is 10.6. The van der Waals surface area contributed by atoms with Gasteiger partial charge in [-0.1, -0.05) is 23.7 Å². The summed E-state index contributed by atoms with van der Waals surface area (Å²) in [6.07, 6.45) is 3.97. The van der Waals surface area contributed by atoms with E-state index in [1.165, 1.54) is 12.5 Å². The van der Waals surface area contributed by atoms with Crippen molar-refractivity contribution in [2.24, 2.45) is 0 Å². The van der Waals surface area contributed by atoms with E-state index in [-0.39, 0.29) is 11.5 Å². The van der Waals surface area contributed by atoms with Gasteiger partial charge in [0.25, 0.3) is 0 Å². The highest BCUT2D eigenvalue weighted by Crippen LogP contribution is 2.41. The second-order valence-corrected chi connectivity index (χ2v) is 8.37. The molecule has 2 aliphatic rings. The van der Waals surface area contributed by atoms with E-state index in [9.17, 15) is 4.79 Å². The quantitative estimate of drug-likeness (QED) is 0.705. The van der Waals surface area contributed by atoms with Gasteiger partial charge >= 0.3 is 0 Å². The lowest BCUT2D eigenvalue weighted by Gasteiger charge is -2.38. The molecule has 1 saturated heterocycles. The lowest BCUT2D eigenvalue weighted by atomic mass is 9.87. The molecular formula is C23H27ClN2O3. The zero-order valence-electron chi connectivity index (χ0n) is 16.7. The Labute approximate surface area is 176 Å². The Hall–Kier alpha value is -2.24. The van der Waals surface area contributed by atoms with Crippen molar-refractivity contribution in [3.63, 3.8) is 0 Å². The fraction of sp³-hybridized carbons (Fsp3) is 0.435. The second kappa shape index (κ2) is 8.64. The number of hydrogen-bond acceptors (Lipinski definition) is 4. The smallest absolute Gasteiger partial charge is 0.221 e. The van der Waals surface area contributed by atoms with Crippen LogP contribution in [0.25, 0.3) is 0 Å². The zero-order chi connectivity index (χ0) is 20.3. The molecule has 4 rings (SSSR count). The summed E-state index contributed by atoms with van der Waals surface area (Å²) < 4.78 is 12.2. The summed E-state index contributed by atoms with van der Waals surface area (Å²) in [4.78, 5) is 13.8. The third-order valence-corrected chi connectivity index (χ3v) is 5.94. The van der Waals surface area contributed by atoms with E-state index < -0.39 is 0 Å². The van der Waals surface area contributed by atoms with Crippen molar-refractivity contribution in [3.8, 4) is 11.5 Å². The number of rotatable bonds is 6. The number of benzene rings is 2. The van der Waals surface area contributed by atoms with Gasteiger partial charge in [0.15, 0.2) is 0 Å². The molecule has 0 radical (unpaired) electrons. The van der Waals surface area contributed by atoms with Crippen molar-refractivity contribution in [3.05, 3.63) is 53.1 Å². The van der Waals surface area contributed by atoms with E-state index in [4.69, 9.17) is 21.1 Å². The maximum absolute atomic E-state index is 11.3. The minimum absolute atomic E-state index is 0.0582. The van der Waals surface area contributed by atoms with Gasteiger partial charge in [-0.25, -0.2) is 0 Å². The van der Waals surface area contributed by atoms with Crippen LogP contribution in [-0.2, 0) is 11.2 Å². The van der Waals surface area contributed by atoms with Crippen LogP contribution in [0.4, 0.5) is 5.69 Å². The first-order valence-electron chi connectivity index (χ1n) is 10.2. The van der Waals surface area contributed by atoms with Crippen LogP contribution < -0.4 is 14.8 Å². The Morgan fingerprint density at radius 1 is 1.24 bits per heavy atom. The molecule has 2 aromatic carbocycles. The van der Waals surface area contributed by atoms with Gasteiger partial charge in [-0.05, 0) is 42.3 Å². The maximum Gasteiger partial charge on any atom is 0.221 e. The van der Waals surface area contributed by atoms with Crippen LogP contribution in [0.1, 0.15) is 31.7 Å². The molecule has 0 atom stereocenters. The van der Waals surface area contributed by atoms with E-state index in [0.717, 1.165) is 67.5 Å². The first-order chi connectivity index (χ1) is 14.0. The number of para-hydroxylation sites is 2. The summed E-state index contributed by atoms with van der Waals surface area (Å²) in [5, 5.41) is 3.59. The Morgan fingerprint density at radius 3 is 2.83 bits per heavy atom. The van der Waals surface area contributed by atoms with Crippen LogP contribution in [0.2, 0.25) is 5.02 Å². The van der Waals surface area contributed by atoms with E-state index >= 15 is 0 Å². The summed E-state index contributed by atoms with van der Waals surface area (Å²) in [5.41, 5.74) is 1.90. The van der Waals surface area contributed by atoms with Crippen LogP contribution in [0.3, 0.4) is 0 Å². The Kier molecular flexibility index (Phi) is 5.97. The molecular weight excluding hydrogens is 388 g/mol. The average molecular weight is 415 g/mol. The number of nitrogens with zero attached hydrogens (tertiary/aromatic N) is 1. The Morgan fingerprint density at radius 2 is 2.03 bits per heavy atom. The third kappa shape index (κ3) is 4.85. The number of carbonyl (C=O) groups is 1. The average Bonchev–Trinajstić information content (AvgIpc) is 3.04. The molecule has 154 valence electrons. The number of anilines is 1. The van der Waals surface area contributed by atoms with Gasteiger partial charge in [-0.3, -0.25) is 4.79 Å². The van der Waals surface area contributed by atoms with Crippen molar-refractivity contribution in [1.29, 1.82) is 0 Å². The van der Waals surface area contributed by atoms with Crippen molar-refractivity contribution in [2.75, 3.05) is 31.6 Å². The van der Waals surface area contributed by atoms with E-state index in [2.05, 4.69) is 10.2 Å². The molecule has 0 bridgehead atoms. The van der Waals surface area contributed by atoms with Crippen molar-refractivity contribution >= 4 is 23.2 Å². The third-order valence-electron chi connectivity index (χ3n) is 5.70. The standard InChI is InChI=1S/C23H27ClN2O3/c1-17(27)25-20-5-2-3-6-22(20)28-14-4-11-26-12-9-23(10-13-26)16-18-15-19(24)7-8-21(18)29-23/h2-3,5-8,15H,4,9-14,16H2,1H3,(H,25,27). The summed E-state index contributed by atoms with van der Waals surface area (Å²) in [5.74, 6) is 1.62. The predicted octanol–water partition coefficient (Wildman–Crippen LogP) is 4.54. The molecule has 6 heteroatoms. The molecule has 5 nitrogen and oxygen atoms in total. The Balaban J connectivity index is 1.21. The minimum Gasteiger partial charge on any atom is -0.491 e. The maximum atomic E-state index is 11.3. The topological polar surface area (TPSA) is 50.8 Å². The molecule has 0 aliphatic carbocycles. The lowest BCUT2D eigenvalue weighted by Crippen LogP contribution is -2.47. The summed E-state index contributed by atoms with van der Waals surface area (Å²) in [6, 6.07) is 13.5. The molecule has 1 fully saturated rings. The van der Waals surface area contributed by atoms with Crippen molar-refractivity contribution in [1.82, 2.24) is 4.90 Å². The largest absolute Gasteiger partial charge is 0.491 e. The van der Waals surface area contributed by atoms with Crippen LogP contribution in [0.5, 0.6) is 11.5 Å². The number of ether oxygens (including phenoxy) is 2. The molecule has 2 heterocycles. The normalized spacial score (nSPS) is 17.6. The molecule has 2 aliphatic heterocycles. The van der Waals surface area contributed by atoms with E-state index in [0.29, 0.717) is 6.61 Å². The highest BCUT2D eigenvalue weighted by molar-refractivity contribution is 6.30. The number of nitrogens with one attached hydrogen (secondary N) is 1. The number of carbonyl (C=O) groups excluding carboxylic acids is 1. The van der Waals surface area contributed by atoms with Crippen molar-refractivity contribution < 1.29 is 14.3 Å². The van der Waals surface area contributed by atoms with Crippen LogP contribution in [0.15, 0.2) is 42.5 Å². The number of halogens is 1. The summed E-state index contributed by atoms with van der Waals surface area (Å²) in [6.45, 7) is 5.19. The molecule has 1 N–H and O–H groups in total. The fourth-order valence-corrected chi connectivity index (χ4v) is 4.42. The Bertz CT molecular complexity index is 878. The van der Waals surface area contributed by atoms with Gasteiger partial charge in [0, 0.05) is 50.8 Å². The lowest BCUT2D eigenvalue weighted by molar-refractivity contribution is -0.114. The minimum atomic E-state index is -0.0955. The fourth-order valence-electron chi connectivity index (χ4n) is 4.22. The number of piperidine rings is 1. The number of fused-ring (bicyclic) bond motifs is 1. The monoisotopic (exact) mass is 414 g/mol. The number of amides is 1. The zero-order valence-corrected chi connectivity index (χ0v) is 17.5. The van der Waals surface area contributed by atoms with E-state index in [1.54, 1.807) is 0 Å². The molecule has 1 spiro atoms. The molecule has 0 aromatic heterocycles. The molecule has 29 heavy (non-hydrogen) atoms. The first kappa shape index (κ1) is 20.0. The van der Waals surface area contributed by atoms with Gasteiger partial charge in [0.1, 0.15) is 17.1 Å². The molecule has 0 unspecified atom stereocenters. The second-order valence-electron chi connectivity index (χ2n) is 7.93. The van der Waals surface area contributed by atoms with Crippen molar-refractivity contribution in [2.45, 2.75) is 38.2 Å². The van der Waals surface area contributed by atoms with Gasteiger partial charge in [0.2, 0.25) is 5.91 Å². The van der Waals surface area contributed by atoms with Crippen LogP contribution in [-0.4, -0.2) is 42.6 Å². The van der Waals surface area contributed by atoms with Crippen LogP contribution >= 0.6 is 11.6 Å². The van der Waals surface area contributed by atoms with Gasteiger partial charge < -0.3 is 19.7 Å². The van der Waals surface area contributed by atoms with Gasteiger partial charge in [-0.2, -0.15) is 0 Å². The predicted molar refractivity (Wildman–Crippen MR) is 115 cm³/mol. The highest BCUT2D eigenvalue weighted by atomic mass is 35.5. The highest BCUT2D eigenvalue weighted by Gasteiger charge is 2.41. The number of hydrogen-bond donors (Lipinski definition) is 1. The molecule has 1 amide bonds.